The van der Waals surface area contributed by atoms with Crippen LogP contribution < -0.4 is 0 Å². The molecule has 0 atom stereocenters. The Labute approximate surface area is 144 Å². The summed E-state index contributed by atoms with van der Waals surface area (Å²) in [7, 11) is 0. The number of aromatic nitrogens is 1. The number of piperazine rings is 1. The molecule has 0 aliphatic carbocycles. The van der Waals surface area contributed by atoms with Crippen molar-refractivity contribution < 1.29 is 9.32 Å². The molecule has 0 bridgehead atoms. The molecule has 0 saturated carbocycles. The zero-order valence-electron chi connectivity index (χ0n) is 12.8. The van der Waals surface area contributed by atoms with E-state index in [1.165, 1.54) is 0 Å². The molecule has 2 heterocycles. The van der Waals surface area contributed by atoms with E-state index in [1.54, 1.807) is 18.2 Å². The van der Waals surface area contributed by atoms with Crippen LogP contribution in [0.5, 0.6) is 0 Å². The summed E-state index contributed by atoms with van der Waals surface area (Å²) < 4.78 is 5.08. The van der Waals surface area contributed by atoms with Crippen LogP contribution in [0.3, 0.4) is 0 Å². The number of aryl methyl sites for hydroxylation is 1. The number of nitrogens with zero attached hydrogens (tertiary/aromatic N) is 3. The molecule has 1 fully saturated rings. The summed E-state index contributed by atoms with van der Waals surface area (Å²) >= 11 is 12.1. The SMILES string of the molecule is Cc1cc(CN2CCN(C(=O)c3cccc(Cl)c3Cl)CC2)no1. The number of hydrogen-bond acceptors (Lipinski definition) is 4. The van der Waals surface area contributed by atoms with Crippen molar-refractivity contribution in [2.45, 2.75) is 13.5 Å². The Morgan fingerprint density at radius 3 is 2.65 bits per heavy atom. The number of halogens is 2. The zero-order valence-corrected chi connectivity index (χ0v) is 14.3. The first kappa shape index (κ1) is 16.3. The van der Waals surface area contributed by atoms with E-state index in [4.69, 9.17) is 27.7 Å². The molecule has 1 aliphatic rings. The lowest BCUT2D eigenvalue weighted by Gasteiger charge is -2.34. The Hall–Kier alpha value is -1.56. The third kappa shape index (κ3) is 3.68. The molecule has 0 radical (unpaired) electrons. The van der Waals surface area contributed by atoms with Crippen LogP contribution >= 0.6 is 23.2 Å². The molecule has 23 heavy (non-hydrogen) atoms. The fraction of sp³-hybridized carbons (Fsp3) is 0.375. The molecule has 1 aliphatic heterocycles. The third-order valence-electron chi connectivity index (χ3n) is 3.90. The molecule has 0 unspecified atom stereocenters. The van der Waals surface area contributed by atoms with Gasteiger partial charge >= 0.3 is 0 Å². The zero-order chi connectivity index (χ0) is 16.4. The first-order valence-corrected chi connectivity index (χ1v) is 8.18. The van der Waals surface area contributed by atoms with E-state index in [0.717, 1.165) is 31.1 Å². The Morgan fingerprint density at radius 2 is 2.00 bits per heavy atom. The molecule has 122 valence electrons. The molecule has 5 nitrogen and oxygen atoms in total. The summed E-state index contributed by atoms with van der Waals surface area (Å²) in [6.07, 6.45) is 0. The number of carbonyl (C=O) groups excluding carboxylic acids is 1. The van der Waals surface area contributed by atoms with Gasteiger partial charge in [0.2, 0.25) is 0 Å². The van der Waals surface area contributed by atoms with Crippen molar-refractivity contribution in [3.63, 3.8) is 0 Å². The van der Waals surface area contributed by atoms with Gasteiger partial charge in [-0.25, -0.2) is 0 Å². The molecule has 0 spiro atoms. The van der Waals surface area contributed by atoms with Crippen molar-refractivity contribution in [3.8, 4) is 0 Å². The second kappa shape index (κ2) is 6.91. The van der Waals surface area contributed by atoms with E-state index >= 15 is 0 Å². The predicted molar refractivity (Wildman–Crippen MR) is 88.9 cm³/mol. The Kier molecular flexibility index (Phi) is 4.90. The number of hydrogen-bond donors (Lipinski definition) is 0. The summed E-state index contributed by atoms with van der Waals surface area (Å²) in [5.41, 5.74) is 1.37. The van der Waals surface area contributed by atoms with Crippen molar-refractivity contribution in [2.24, 2.45) is 0 Å². The minimum atomic E-state index is -0.0746. The Morgan fingerprint density at radius 1 is 1.26 bits per heavy atom. The molecule has 3 rings (SSSR count). The number of rotatable bonds is 3. The topological polar surface area (TPSA) is 49.6 Å². The maximum absolute atomic E-state index is 12.6. The summed E-state index contributed by atoms with van der Waals surface area (Å²) in [5.74, 6) is 0.735. The van der Waals surface area contributed by atoms with Crippen molar-refractivity contribution in [1.82, 2.24) is 15.0 Å². The molecular weight excluding hydrogens is 337 g/mol. The first-order chi connectivity index (χ1) is 11.0. The molecule has 1 aromatic heterocycles. The maximum atomic E-state index is 12.6. The van der Waals surface area contributed by atoms with E-state index in [2.05, 4.69) is 10.1 Å². The quantitative estimate of drug-likeness (QED) is 0.849. The number of benzene rings is 1. The fourth-order valence-corrected chi connectivity index (χ4v) is 3.05. The highest BCUT2D eigenvalue weighted by molar-refractivity contribution is 6.43. The third-order valence-corrected chi connectivity index (χ3v) is 4.72. The highest BCUT2D eigenvalue weighted by Crippen LogP contribution is 2.26. The van der Waals surface area contributed by atoms with Crippen molar-refractivity contribution in [3.05, 3.63) is 51.3 Å². The van der Waals surface area contributed by atoms with Crippen LogP contribution in [0, 0.1) is 6.92 Å². The molecular formula is C16H17Cl2N3O2. The number of carbonyl (C=O) groups is 1. The van der Waals surface area contributed by atoms with Gasteiger partial charge in [-0.05, 0) is 19.1 Å². The first-order valence-electron chi connectivity index (χ1n) is 7.42. The molecule has 1 amide bonds. The van der Waals surface area contributed by atoms with Crippen molar-refractivity contribution >= 4 is 29.1 Å². The van der Waals surface area contributed by atoms with Crippen LogP contribution in [0.25, 0.3) is 0 Å². The van der Waals surface area contributed by atoms with E-state index in [1.807, 2.05) is 17.9 Å². The Bertz CT molecular complexity index is 709. The van der Waals surface area contributed by atoms with Crippen LogP contribution in [-0.4, -0.2) is 47.0 Å². The second-order valence-corrected chi connectivity index (χ2v) is 6.38. The normalized spacial score (nSPS) is 15.9. The minimum Gasteiger partial charge on any atom is -0.361 e. The highest BCUT2D eigenvalue weighted by Gasteiger charge is 2.24. The van der Waals surface area contributed by atoms with Gasteiger partial charge < -0.3 is 9.42 Å². The van der Waals surface area contributed by atoms with Crippen molar-refractivity contribution in [2.75, 3.05) is 26.2 Å². The van der Waals surface area contributed by atoms with Crippen LogP contribution in [0.2, 0.25) is 10.0 Å². The molecule has 0 N–H and O–H groups in total. The lowest BCUT2D eigenvalue weighted by molar-refractivity contribution is 0.0626. The Balaban J connectivity index is 1.60. The lowest BCUT2D eigenvalue weighted by atomic mass is 10.1. The van der Waals surface area contributed by atoms with E-state index in [-0.39, 0.29) is 5.91 Å². The van der Waals surface area contributed by atoms with Crippen LogP contribution in [0.15, 0.2) is 28.8 Å². The summed E-state index contributed by atoms with van der Waals surface area (Å²) in [4.78, 5) is 16.6. The summed E-state index contributed by atoms with van der Waals surface area (Å²) in [6.45, 7) is 5.49. The van der Waals surface area contributed by atoms with Crippen molar-refractivity contribution in [1.29, 1.82) is 0 Å². The van der Waals surface area contributed by atoms with Gasteiger partial charge in [0, 0.05) is 38.8 Å². The largest absolute Gasteiger partial charge is 0.361 e. The average Bonchev–Trinajstić information content (AvgIpc) is 2.95. The van der Waals surface area contributed by atoms with E-state index < -0.39 is 0 Å². The van der Waals surface area contributed by atoms with E-state index in [0.29, 0.717) is 28.7 Å². The van der Waals surface area contributed by atoms with Gasteiger partial charge in [-0.15, -0.1) is 0 Å². The monoisotopic (exact) mass is 353 g/mol. The molecule has 1 saturated heterocycles. The molecule has 1 aromatic carbocycles. The fourth-order valence-electron chi connectivity index (χ4n) is 2.67. The second-order valence-electron chi connectivity index (χ2n) is 5.60. The minimum absolute atomic E-state index is 0.0746. The lowest BCUT2D eigenvalue weighted by Crippen LogP contribution is -2.48. The standard InChI is InChI=1S/C16H17Cl2N3O2/c1-11-9-12(19-23-11)10-20-5-7-21(8-6-20)16(22)13-3-2-4-14(17)15(13)18/h2-4,9H,5-8,10H2,1H3. The van der Waals surface area contributed by atoms with Gasteiger partial charge in [0.1, 0.15) is 5.76 Å². The average molecular weight is 354 g/mol. The molecule has 2 aromatic rings. The van der Waals surface area contributed by atoms with Gasteiger partial charge in [0.05, 0.1) is 21.3 Å². The van der Waals surface area contributed by atoms with Gasteiger partial charge in [-0.2, -0.15) is 0 Å². The smallest absolute Gasteiger partial charge is 0.255 e. The van der Waals surface area contributed by atoms with Gasteiger partial charge in [-0.1, -0.05) is 34.4 Å². The highest BCUT2D eigenvalue weighted by atomic mass is 35.5. The van der Waals surface area contributed by atoms with Crippen LogP contribution in [0.4, 0.5) is 0 Å². The maximum Gasteiger partial charge on any atom is 0.255 e. The van der Waals surface area contributed by atoms with Crippen LogP contribution in [-0.2, 0) is 6.54 Å². The van der Waals surface area contributed by atoms with Gasteiger partial charge in [-0.3, -0.25) is 9.69 Å². The van der Waals surface area contributed by atoms with E-state index in [9.17, 15) is 4.79 Å². The molecule has 7 heteroatoms. The van der Waals surface area contributed by atoms with Crippen LogP contribution in [0.1, 0.15) is 21.8 Å². The summed E-state index contributed by atoms with van der Waals surface area (Å²) in [5, 5.41) is 4.72. The number of amides is 1. The predicted octanol–water partition coefficient (Wildman–Crippen LogP) is 3.25. The van der Waals surface area contributed by atoms with Gasteiger partial charge in [0.25, 0.3) is 5.91 Å². The van der Waals surface area contributed by atoms with Gasteiger partial charge in [0.15, 0.2) is 0 Å². The summed E-state index contributed by atoms with van der Waals surface area (Å²) in [6, 6.07) is 7.06.